The molecule has 0 radical (unpaired) electrons. The molecule has 0 aliphatic carbocycles. The molecule has 15 heavy (non-hydrogen) atoms. The molecule has 1 heterocycles. The maximum atomic E-state index is 12.7. The third kappa shape index (κ3) is 1.58. The van der Waals surface area contributed by atoms with E-state index in [1.807, 2.05) is 0 Å². The van der Waals surface area contributed by atoms with Crippen molar-refractivity contribution < 1.29 is 26.5 Å². The predicted octanol–water partition coefficient (Wildman–Crippen LogP) is 1.78. The lowest BCUT2D eigenvalue weighted by atomic mass is 10.1. The van der Waals surface area contributed by atoms with Crippen LogP contribution in [0.25, 0.3) is 0 Å². The van der Waals surface area contributed by atoms with Crippen LogP contribution in [0, 0.1) is 11.3 Å². The number of nitrogens with zero attached hydrogens (tertiary/aromatic N) is 2. The number of nitrogens with two attached hydrogens (primary N) is 1. The van der Waals surface area contributed by atoms with Crippen LogP contribution in [0.3, 0.4) is 0 Å². The Bertz CT molecular complexity index is 415. The molecule has 0 fully saturated rings. The molecule has 2 N–H and O–H groups in total. The number of halogens is 5. The number of aromatic nitrogens is 1. The van der Waals surface area contributed by atoms with Crippen molar-refractivity contribution in [3.63, 3.8) is 0 Å². The second-order valence-corrected chi connectivity index (χ2v) is 2.45. The highest BCUT2D eigenvalue weighted by atomic mass is 19.4. The maximum Gasteiger partial charge on any atom is 0.459 e. The van der Waals surface area contributed by atoms with Crippen LogP contribution in [0.15, 0.2) is 4.52 Å². The third-order valence-electron chi connectivity index (χ3n) is 1.48. The van der Waals surface area contributed by atoms with Crippen LogP contribution in [0.1, 0.15) is 11.3 Å². The zero-order chi connectivity index (χ0) is 11.9. The molecule has 4 nitrogen and oxygen atoms in total. The first-order valence-corrected chi connectivity index (χ1v) is 3.32. The molecular formula is C6H2F5N3O. The molecular weight excluding hydrogens is 225 g/mol. The summed E-state index contributed by atoms with van der Waals surface area (Å²) in [5.74, 6) is -6.14. The average molecular weight is 227 g/mol. The van der Waals surface area contributed by atoms with Crippen LogP contribution < -0.4 is 5.73 Å². The van der Waals surface area contributed by atoms with Crippen LogP contribution >= 0.6 is 0 Å². The van der Waals surface area contributed by atoms with Crippen LogP contribution in [0.2, 0.25) is 0 Å². The Hall–Kier alpha value is -1.85. The van der Waals surface area contributed by atoms with Crippen LogP contribution in [-0.2, 0) is 5.92 Å². The van der Waals surface area contributed by atoms with Gasteiger partial charge in [-0.1, -0.05) is 5.16 Å². The minimum Gasteiger partial charge on any atom is -0.366 e. The highest BCUT2D eigenvalue weighted by molar-refractivity contribution is 5.50. The highest BCUT2D eigenvalue weighted by Crippen LogP contribution is 2.45. The fourth-order valence-electron chi connectivity index (χ4n) is 0.759. The minimum atomic E-state index is -5.86. The molecule has 0 spiro atoms. The second-order valence-electron chi connectivity index (χ2n) is 2.45. The third-order valence-corrected chi connectivity index (χ3v) is 1.48. The van der Waals surface area contributed by atoms with E-state index in [0.29, 0.717) is 0 Å². The number of anilines is 1. The molecule has 1 rings (SSSR count). The highest BCUT2D eigenvalue weighted by Gasteiger charge is 2.62. The predicted molar refractivity (Wildman–Crippen MR) is 35.6 cm³/mol. The van der Waals surface area contributed by atoms with Crippen molar-refractivity contribution in [1.82, 2.24) is 5.16 Å². The van der Waals surface area contributed by atoms with E-state index in [1.165, 1.54) is 0 Å². The monoisotopic (exact) mass is 227 g/mol. The molecule has 0 saturated carbocycles. The van der Waals surface area contributed by atoms with Gasteiger partial charge in [-0.25, -0.2) is 0 Å². The van der Waals surface area contributed by atoms with Gasteiger partial charge in [-0.05, 0) is 0 Å². The zero-order valence-electron chi connectivity index (χ0n) is 6.77. The van der Waals surface area contributed by atoms with Gasteiger partial charge in [0.05, 0.1) is 0 Å². The first kappa shape index (κ1) is 11.2. The molecule has 0 saturated heterocycles. The summed E-state index contributed by atoms with van der Waals surface area (Å²) in [4.78, 5) is 0. The van der Waals surface area contributed by atoms with E-state index in [0.717, 1.165) is 6.07 Å². The second kappa shape index (κ2) is 3.08. The minimum absolute atomic E-state index is 0.878. The summed E-state index contributed by atoms with van der Waals surface area (Å²) in [7, 11) is 0. The molecule has 0 amide bonds. The Kier molecular flexibility index (Phi) is 2.30. The molecule has 1 aromatic rings. The normalized spacial score (nSPS) is 12.5. The summed E-state index contributed by atoms with van der Waals surface area (Å²) >= 11 is 0. The van der Waals surface area contributed by atoms with Crippen LogP contribution in [-0.4, -0.2) is 11.3 Å². The summed E-state index contributed by atoms with van der Waals surface area (Å²) in [5, 5.41) is 10.7. The number of hydrogen-bond donors (Lipinski definition) is 1. The molecule has 0 aliphatic heterocycles. The van der Waals surface area contributed by atoms with E-state index in [-0.39, 0.29) is 0 Å². The molecule has 0 bridgehead atoms. The van der Waals surface area contributed by atoms with Gasteiger partial charge < -0.3 is 10.3 Å². The first-order valence-electron chi connectivity index (χ1n) is 3.32. The van der Waals surface area contributed by atoms with E-state index in [2.05, 4.69) is 9.68 Å². The van der Waals surface area contributed by atoms with Gasteiger partial charge in [-0.15, -0.1) is 0 Å². The van der Waals surface area contributed by atoms with Crippen molar-refractivity contribution in [3.05, 3.63) is 11.3 Å². The van der Waals surface area contributed by atoms with Gasteiger partial charge in [-0.3, -0.25) is 0 Å². The molecule has 0 unspecified atom stereocenters. The summed E-state index contributed by atoms with van der Waals surface area (Å²) in [6.07, 6.45) is -5.86. The Morgan fingerprint density at radius 2 is 1.80 bits per heavy atom. The number of alkyl halides is 5. The number of hydrogen-bond acceptors (Lipinski definition) is 4. The zero-order valence-corrected chi connectivity index (χ0v) is 6.77. The standard InChI is InChI=1S/C6H2F5N3O/c7-5(8,6(9,10)11)3-2(1-12)4(13)15-14-3/h13H2. The molecule has 82 valence electrons. The summed E-state index contributed by atoms with van der Waals surface area (Å²) < 4.78 is 64.8. The van der Waals surface area contributed by atoms with Crippen molar-refractivity contribution in [1.29, 1.82) is 5.26 Å². The van der Waals surface area contributed by atoms with Crippen molar-refractivity contribution in [2.24, 2.45) is 0 Å². The summed E-state index contributed by atoms with van der Waals surface area (Å²) in [6.45, 7) is 0. The maximum absolute atomic E-state index is 12.7. The molecule has 1 aromatic heterocycles. The van der Waals surface area contributed by atoms with Gasteiger partial charge >= 0.3 is 12.1 Å². The molecule has 0 atom stereocenters. The van der Waals surface area contributed by atoms with Gasteiger partial charge in [0.1, 0.15) is 11.6 Å². The summed E-state index contributed by atoms with van der Waals surface area (Å²) in [6, 6.07) is 1.06. The lowest BCUT2D eigenvalue weighted by Gasteiger charge is -2.16. The number of nitrogen functional groups attached to an aromatic ring is 1. The van der Waals surface area contributed by atoms with Gasteiger partial charge in [-0.2, -0.15) is 27.2 Å². The SMILES string of the molecule is N#Cc1c(C(F)(F)C(F)(F)F)noc1N. The fourth-order valence-corrected chi connectivity index (χ4v) is 0.759. The van der Waals surface area contributed by atoms with E-state index < -0.39 is 29.2 Å². The number of nitriles is 1. The Balaban J connectivity index is 3.35. The quantitative estimate of drug-likeness (QED) is 0.742. The van der Waals surface area contributed by atoms with Gasteiger partial charge in [0.25, 0.3) is 0 Å². The topological polar surface area (TPSA) is 75.8 Å². The van der Waals surface area contributed by atoms with E-state index in [4.69, 9.17) is 11.0 Å². The van der Waals surface area contributed by atoms with Crippen molar-refractivity contribution in [3.8, 4) is 6.07 Å². The van der Waals surface area contributed by atoms with Crippen molar-refractivity contribution in [2.75, 3.05) is 5.73 Å². The molecule has 0 aromatic carbocycles. The van der Waals surface area contributed by atoms with Crippen LogP contribution in [0.4, 0.5) is 27.8 Å². The van der Waals surface area contributed by atoms with Crippen molar-refractivity contribution in [2.45, 2.75) is 12.1 Å². The van der Waals surface area contributed by atoms with E-state index in [9.17, 15) is 22.0 Å². The largest absolute Gasteiger partial charge is 0.459 e. The van der Waals surface area contributed by atoms with Gasteiger partial charge in [0.15, 0.2) is 5.69 Å². The van der Waals surface area contributed by atoms with E-state index in [1.54, 1.807) is 0 Å². The Morgan fingerprint density at radius 3 is 2.20 bits per heavy atom. The lowest BCUT2D eigenvalue weighted by molar-refractivity contribution is -0.291. The van der Waals surface area contributed by atoms with E-state index >= 15 is 0 Å². The first-order chi connectivity index (χ1) is 6.71. The van der Waals surface area contributed by atoms with Crippen LogP contribution in [0.5, 0.6) is 0 Å². The lowest BCUT2D eigenvalue weighted by Crippen LogP contribution is -2.34. The summed E-state index contributed by atoms with van der Waals surface area (Å²) in [5.41, 5.74) is 1.90. The van der Waals surface area contributed by atoms with Gasteiger partial charge in [0.2, 0.25) is 5.88 Å². The van der Waals surface area contributed by atoms with Gasteiger partial charge in [0, 0.05) is 0 Å². The molecule has 0 aliphatic rings. The fraction of sp³-hybridized carbons (Fsp3) is 0.333. The Labute approximate surface area is 79.1 Å². The number of rotatable bonds is 1. The Morgan fingerprint density at radius 1 is 1.27 bits per heavy atom. The molecule has 9 heteroatoms. The smallest absolute Gasteiger partial charge is 0.366 e. The van der Waals surface area contributed by atoms with Crippen molar-refractivity contribution >= 4 is 5.88 Å². The average Bonchev–Trinajstić information content (AvgIpc) is 2.44.